The molecule has 2 heteroatoms. The van der Waals surface area contributed by atoms with Crippen LogP contribution in [0.2, 0.25) is 0 Å². The van der Waals surface area contributed by atoms with E-state index in [9.17, 15) is 0 Å². The maximum absolute atomic E-state index is 6.23. The van der Waals surface area contributed by atoms with Gasteiger partial charge in [0, 0.05) is 12.1 Å². The van der Waals surface area contributed by atoms with E-state index in [0.717, 1.165) is 12.5 Å². The molecule has 1 saturated carbocycles. The Morgan fingerprint density at radius 2 is 1.88 bits per heavy atom. The Morgan fingerprint density at radius 3 is 2.47 bits per heavy atom. The van der Waals surface area contributed by atoms with Crippen molar-refractivity contribution >= 4 is 0 Å². The molecule has 0 heterocycles. The molecule has 0 radical (unpaired) electrons. The molecule has 0 amide bonds. The molecule has 0 aromatic carbocycles. The quantitative estimate of drug-likeness (QED) is 0.791. The van der Waals surface area contributed by atoms with Gasteiger partial charge in [0.05, 0.1) is 12.2 Å². The van der Waals surface area contributed by atoms with E-state index in [1.807, 2.05) is 0 Å². The summed E-state index contributed by atoms with van der Waals surface area (Å²) in [7, 11) is 0. The average Bonchev–Trinajstić information content (AvgIpc) is 2.26. The van der Waals surface area contributed by atoms with Crippen molar-refractivity contribution in [3.63, 3.8) is 0 Å². The molecular weight excluding hydrogens is 210 g/mol. The van der Waals surface area contributed by atoms with Gasteiger partial charge in [-0.25, -0.2) is 0 Å². The Morgan fingerprint density at radius 1 is 1.24 bits per heavy atom. The summed E-state index contributed by atoms with van der Waals surface area (Å²) in [5.41, 5.74) is 0.189. The predicted molar refractivity (Wildman–Crippen MR) is 74.3 cm³/mol. The predicted octanol–water partition coefficient (Wildman–Crippen LogP) is 3.75. The SMILES string of the molecule is CCC1CCCCC1OC(C)CNC(C)(C)C. The minimum Gasteiger partial charge on any atom is -0.374 e. The molecule has 1 rings (SSSR count). The number of ether oxygens (including phenoxy) is 1. The second-order valence-electron chi connectivity index (χ2n) is 6.57. The van der Waals surface area contributed by atoms with Gasteiger partial charge in [0.25, 0.3) is 0 Å². The summed E-state index contributed by atoms with van der Waals surface area (Å²) in [6.45, 7) is 12.1. The Kier molecular flexibility index (Phi) is 5.94. The van der Waals surface area contributed by atoms with Crippen molar-refractivity contribution < 1.29 is 4.74 Å². The van der Waals surface area contributed by atoms with Crippen molar-refractivity contribution in [2.75, 3.05) is 6.54 Å². The summed E-state index contributed by atoms with van der Waals surface area (Å²) >= 11 is 0. The van der Waals surface area contributed by atoms with Gasteiger partial charge >= 0.3 is 0 Å². The van der Waals surface area contributed by atoms with Crippen molar-refractivity contribution in [3.8, 4) is 0 Å². The first-order valence-corrected chi connectivity index (χ1v) is 7.33. The smallest absolute Gasteiger partial charge is 0.0675 e. The van der Waals surface area contributed by atoms with E-state index in [1.165, 1.54) is 32.1 Å². The van der Waals surface area contributed by atoms with E-state index >= 15 is 0 Å². The molecule has 0 aromatic rings. The largest absolute Gasteiger partial charge is 0.374 e. The first-order chi connectivity index (χ1) is 7.92. The van der Waals surface area contributed by atoms with Gasteiger partial charge < -0.3 is 10.1 Å². The second-order valence-corrected chi connectivity index (χ2v) is 6.57. The molecule has 17 heavy (non-hydrogen) atoms. The van der Waals surface area contributed by atoms with Crippen LogP contribution in [0.1, 0.15) is 66.7 Å². The first-order valence-electron chi connectivity index (χ1n) is 7.33. The van der Waals surface area contributed by atoms with Crippen LogP contribution < -0.4 is 5.32 Å². The zero-order valence-corrected chi connectivity index (χ0v) is 12.4. The van der Waals surface area contributed by atoms with Gasteiger partial charge in [-0.3, -0.25) is 0 Å². The highest BCUT2D eigenvalue weighted by Crippen LogP contribution is 2.29. The zero-order chi connectivity index (χ0) is 12.9. The molecule has 3 unspecified atom stereocenters. The summed E-state index contributed by atoms with van der Waals surface area (Å²) in [6.07, 6.45) is 7.47. The number of nitrogens with one attached hydrogen (secondary N) is 1. The Balaban J connectivity index is 2.31. The summed E-state index contributed by atoms with van der Waals surface area (Å²) in [6, 6.07) is 0. The third-order valence-corrected chi connectivity index (χ3v) is 3.69. The van der Waals surface area contributed by atoms with Crippen LogP contribution in [0.15, 0.2) is 0 Å². The van der Waals surface area contributed by atoms with Crippen molar-refractivity contribution in [2.24, 2.45) is 5.92 Å². The van der Waals surface area contributed by atoms with E-state index in [-0.39, 0.29) is 5.54 Å². The van der Waals surface area contributed by atoms with Crippen LogP contribution in [-0.2, 0) is 4.74 Å². The molecule has 102 valence electrons. The Bertz CT molecular complexity index is 209. The normalized spacial score (nSPS) is 28.1. The molecule has 3 atom stereocenters. The number of hydrogen-bond acceptors (Lipinski definition) is 2. The van der Waals surface area contributed by atoms with Crippen LogP contribution in [-0.4, -0.2) is 24.3 Å². The van der Waals surface area contributed by atoms with Crippen LogP contribution in [0, 0.1) is 5.92 Å². The zero-order valence-electron chi connectivity index (χ0n) is 12.4. The molecule has 0 bridgehead atoms. The molecule has 0 saturated heterocycles. The van der Waals surface area contributed by atoms with E-state index in [4.69, 9.17) is 4.74 Å². The minimum atomic E-state index is 0.189. The van der Waals surface area contributed by atoms with Gasteiger partial charge in [0.1, 0.15) is 0 Å². The number of hydrogen-bond donors (Lipinski definition) is 1. The van der Waals surface area contributed by atoms with Crippen LogP contribution in [0.3, 0.4) is 0 Å². The first kappa shape index (κ1) is 15.0. The van der Waals surface area contributed by atoms with Crippen LogP contribution in [0.4, 0.5) is 0 Å². The lowest BCUT2D eigenvalue weighted by molar-refractivity contribution is -0.0537. The van der Waals surface area contributed by atoms with Gasteiger partial charge in [-0.05, 0) is 46.5 Å². The summed E-state index contributed by atoms with van der Waals surface area (Å²) < 4.78 is 6.23. The van der Waals surface area contributed by atoms with Crippen molar-refractivity contribution in [1.82, 2.24) is 5.32 Å². The van der Waals surface area contributed by atoms with Crippen LogP contribution in [0.25, 0.3) is 0 Å². The molecule has 1 fully saturated rings. The summed E-state index contributed by atoms with van der Waals surface area (Å²) in [5, 5.41) is 3.52. The van der Waals surface area contributed by atoms with Crippen molar-refractivity contribution in [1.29, 1.82) is 0 Å². The lowest BCUT2D eigenvalue weighted by Crippen LogP contribution is -2.42. The fraction of sp³-hybridized carbons (Fsp3) is 1.00. The standard InChI is InChI=1S/C15H31NO/c1-6-13-9-7-8-10-14(13)17-12(2)11-16-15(3,4)5/h12-14,16H,6-11H2,1-5H3. The fourth-order valence-corrected chi connectivity index (χ4v) is 2.62. The molecule has 1 aliphatic carbocycles. The minimum absolute atomic E-state index is 0.189. The highest BCUT2D eigenvalue weighted by Gasteiger charge is 2.26. The molecule has 1 N–H and O–H groups in total. The van der Waals surface area contributed by atoms with E-state index in [1.54, 1.807) is 0 Å². The lowest BCUT2D eigenvalue weighted by Gasteiger charge is -2.34. The maximum Gasteiger partial charge on any atom is 0.0675 e. The van der Waals surface area contributed by atoms with Crippen LogP contribution in [0.5, 0.6) is 0 Å². The molecular formula is C15H31NO. The third kappa shape index (κ3) is 5.87. The Labute approximate surface area is 108 Å². The monoisotopic (exact) mass is 241 g/mol. The highest BCUT2D eigenvalue weighted by atomic mass is 16.5. The summed E-state index contributed by atoms with van der Waals surface area (Å²) in [4.78, 5) is 0. The van der Waals surface area contributed by atoms with E-state index in [2.05, 4.69) is 39.9 Å². The lowest BCUT2D eigenvalue weighted by atomic mass is 9.84. The van der Waals surface area contributed by atoms with E-state index < -0.39 is 0 Å². The highest BCUT2D eigenvalue weighted by molar-refractivity contribution is 4.77. The summed E-state index contributed by atoms with van der Waals surface area (Å²) in [5.74, 6) is 0.792. The van der Waals surface area contributed by atoms with Gasteiger partial charge in [-0.1, -0.05) is 26.2 Å². The average molecular weight is 241 g/mol. The van der Waals surface area contributed by atoms with Gasteiger partial charge in [0.15, 0.2) is 0 Å². The molecule has 0 aliphatic heterocycles. The van der Waals surface area contributed by atoms with Crippen molar-refractivity contribution in [3.05, 3.63) is 0 Å². The van der Waals surface area contributed by atoms with Gasteiger partial charge in [-0.2, -0.15) is 0 Å². The number of rotatable bonds is 5. The maximum atomic E-state index is 6.23. The Hall–Kier alpha value is -0.0800. The second kappa shape index (κ2) is 6.75. The van der Waals surface area contributed by atoms with Crippen LogP contribution >= 0.6 is 0 Å². The van der Waals surface area contributed by atoms with Crippen molar-refractivity contribution in [2.45, 2.75) is 84.5 Å². The van der Waals surface area contributed by atoms with Gasteiger partial charge in [-0.15, -0.1) is 0 Å². The van der Waals surface area contributed by atoms with E-state index in [0.29, 0.717) is 12.2 Å². The van der Waals surface area contributed by atoms with Gasteiger partial charge in [0.2, 0.25) is 0 Å². The third-order valence-electron chi connectivity index (χ3n) is 3.69. The molecule has 0 spiro atoms. The molecule has 1 aliphatic rings. The molecule has 2 nitrogen and oxygen atoms in total. The fourth-order valence-electron chi connectivity index (χ4n) is 2.62. The molecule has 0 aromatic heterocycles. The topological polar surface area (TPSA) is 21.3 Å².